The molecule has 24 nitrogen and oxygen atoms in total. The summed E-state index contributed by atoms with van der Waals surface area (Å²) >= 11 is 49.1. The molecule has 13 aromatic rings. The molecule has 0 aliphatic carbocycles. The van der Waals surface area contributed by atoms with E-state index in [-0.39, 0.29) is 33.6 Å². The van der Waals surface area contributed by atoms with Crippen molar-refractivity contribution >= 4 is 187 Å². The fraction of sp³-hybridized carbons (Fsp3) is 0.179. The fourth-order valence-corrected chi connectivity index (χ4v) is 11.2. The Bertz CT molecular complexity index is 5190. The van der Waals surface area contributed by atoms with Gasteiger partial charge >= 0.3 is 22.8 Å². The molecule has 5 aromatic carbocycles. The van der Waals surface area contributed by atoms with Gasteiger partial charge in [-0.25, -0.2) is 19.6 Å². The molecule has 2 aliphatic heterocycles. The number of hydrogen-bond acceptors (Lipinski definition) is 16. The molecular formula is C67H61Cl9FN14O10P. The SMILES string of the molecule is CN1CCN(c2nc3ccc(Cl)cc3n3cccc23)CC1.CN1CCNCC1.COC(=O)c1ccc[nH]1.COC(=O)c1cccn1-c1cc(Cl)ccc1[N+](=O)[O-].Clc1ccc2nc(Cl)c3cccn3c2c1.O=P(Cl)(Cl)Cl.O=[N+]([O-])c1ccc(Cl)cc1F.O=c1[nH]c2ccc(Cl)cc2n2cccc12. The van der Waals surface area contributed by atoms with E-state index in [1.54, 1.807) is 42.6 Å². The first-order chi connectivity index (χ1) is 48.6. The highest BCUT2D eigenvalue weighted by Crippen LogP contribution is 2.61. The minimum atomic E-state index is -3.22. The molecule has 534 valence electrons. The zero-order chi connectivity index (χ0) is 73.9. The molecule has 3 N–H and O–H groups in total. The van der Waals surface area contributed by atoms with Crippen molar-refractivity contribution in [1.29, 1.82) is 0 Å². The van der Waals surface area contributed by atoms with Crippen molar-refractivity contribution in [2.75, 3.05) is 85.6 Å². The molecule has 0 spiro atoms. The molecule has 0 radical (unpaired) electrons. The molecule has 0 bridgehead atoms. The van der Waals surface area contributed by atoms with Gasteiger partial charge in [-0.2, -0.15) is 4.39 Å². The van der Waals surface area contributed by atoms with Crippen molar-refractivity contribution in [3.8, 4) is 5.69 Å². The van der Waals surface area contributed by atoms with Gasteiger partial charge in [0.1, 0.15) is 22.6 Å². The van der Waals surface area contributed by atoms with Crippen molar-refractivity contribution in [1.82, 2.24) is 52.8 Å². The van der Waals surface area contributed by atoms with E-state index in [0.717, 1.165) is 106 Å². The molecule has 2 saturated heterocycles. The van der Waals surface area contributed by atoms with Gasteiger partial charge in [-0.1, -0.05) is 69.6 Å². The molecule has 0 amide bonds. The Kier molecular flexibility index (Phi) is 28.8. The van der Waals surface area contributed by atoms with Crippen LogP contribution in [0, 0.1) is 26.0 Å². The molecule has 0 atom stereocenters. The standard InChI is InChI=1S/C16H17ClN4.C12H9ClN2O4.C11H6Cl2N2.C11H7ClN2O.C6H3ClFNO2.C6H7NO2.C5H12N2.Cl3OP/c1-19-7-9-20(10-8-19)16-14-3-2-6-21(14)15-11-12(17)4-5-13(15)18-16;1-19-12(16)10-3-2-6-14(10)11-7-8(13)4-5-9(11)15(17)18;12-7-3-4-8-10(6-7)15-5-1-2-9(15)11(13)14-8;12-7-3-4-8-10(6-7)14-5-1-2-9(14)11(15)13-8;7-4-1-2-6(9(10)11)5(8)3-4;1-9-6(8)5-3-2-4-7-5;1-7-4-2-6-3-5-7;1-5(2,3)4/h2-6,11H,7-10H2,1H3;2-7H,1H3;1-6H;1-6H,(H,13,15);1-3H;2-4,7H,1H3;6H,2-5H2,1H3;. The first-order valence-corrected chi connectivity index (χ1v) is 36.9. The summed E-state index contributed by atoms with van der Waals surface area (Å²) in [5.74, 6) is -0.760. The van der Waals surface area contributed by atoms with Gasteiger partial charge in [-0.3, -0.25) is 29.6 Å². The number of rotatable bonds is 6. The van der Waals surface area contributed by atoms with Crippen LogP contribution in [0.25, 0.3) is 55.3 Å². The van der Waals surface area contributed by atoms with Crippen molar-refractivity contribution < 1.29 is 37.9 Å². The Morgan fingerprint density at radius 3 is 1.57 bits per heavy atom. The number of carbonyl (C=O) groups excluding carboxylic acids is 2. The lowest BCUT2D eigenvalue weighted by Crippen LogP contribution is -2.45. The lowest BCUT2D eigenvalue weighted by molar-refractivity contribution is -0.387. The minimum absolute atomic E-state index is 0.0881. The largest absolute Gasteiger partial charge is 0.464 e. The number of fused-ring (bicyclic) bond motifs is 9. The summed E-state index contributed by atoms with van der Waals surface area (Å²) in [6.45, 7) is 8.93. The number of nitro benzene ring substituents is 2. The second kappa shape index (κ2) is 37.1. The van der Waals surface area contributed by atoms with Crippen LogP contribution in [-0.2, 0) is 14.0 Å². The van der Waals surface area contributed by atoms with E-state index in [2.05, 4.69) is 115 Å². The third-order valence-corrected chi connectivity index (χ3v) is 16.5. The molecule has 10 heterocycles. The maximum absolute atomic E-state index is 12.6. The molecule has 15 rings (SSSR count). The van der Waals surface area contributed by atoms with E-state index in [1.807, 2.05) is 81.9 Å². The Morgan fingerprint density at radius 2 is 1.03 bits per heavy atom. The van der Waals surface area contributed by atoms with Crippen LogP contribution in [0.2, 0.25) is 30.3 Å². The second-order valence-electron chi connectivity index (χ2n) is 21.8. The first-order valence-electron chi connectivity index (χ1n) is 30.2. The van der Waals surface area contributed by atoms with Crippen LogP contribution in [0.3, 0.4) is 0 Å². The van der Waals surface area contributed by atoms with Crippen LogP contribution in [0.5, 0.6) is 0 Å². The summed E-state index contributed by atoms with van der Waals surface area (Å²) < 4.78 is 38.5. The summed E-state index contributed by atoms with van der Waals surface area (Å²) in [4.78, 5) is 75.4. The maximum atomic E-state index is 12.6. The number of aromatic amines is 2. The summed E-state index contributed by atoms with van der Waals surface area (Å²) in [5, 5.41) is 24.2. The Labute approximate surface area is 625 Å². The van der Waals surface area contributed by atoms with Crippen LogP contribution in [0.4, 0.5) is 21.6 Å². The molecule has 102 heavy (non-hydrogen) atoms. The van der Waals surface area contributed by atoms with Gasteiger partial charge in [0.2, 0.25) is 5.82 Å². The summed E-state index contributed by atoms with van der Waals surface area (Å²) in [5.41, 5.74) is 8.29. The summed E-state index contributed by atoms with van der Waals surface area (Å²) in [6.07, 6.45) is 9.08. The van der Waals surface area contributed by atoms with Crippen LogP contribution >= 0.6 is 109 Å². The van der Waals surface area contributed by atoms with E-state index < -0.39 is 32.5 Å². The maximum Gasteiger partial charge on any atom is 0.355 e. The average molecular weight is 1590 g/mol. The molecule has 35 heteroatoms. The Morgan fingerprint density at radius 1 is 0.549 bits per heavy atom. The van der Waals surface area contributed by atoms with E-state index in [4.69, 9.17) is 74.6 Å². The highest BCUT2D eigenvalue weighted by Gasteiger charge is 2.22. The number of nitro groups is 2. The number of likely N-dealkylation sites (N-methyl/N-ethyl adjacent to an activating group) is 2. The fourth-order valence-electron chi connectivity index (χ4n) is 10.1. The number of nitrogens with one attached hydrogen (secondary N) is 3. The van der Waals surface area contributed by atoms with Crippen LogP contribution in [0.15, 0.2) is 187 Å². The van der Waals surface area contributed by atoms with Crippen LogP contribution in [0.1, 0.15) is 21.0 Å². The average Bonchev–Trinajstić information content (AvgIpc) is 1.52. The topological polar surface area (TPSA) is 270 Å². The second-order valence-corrected chi connectivity index (χ2v) is 31.0. The number of aromatic nitrogens is 8. The number of piperazine rings is 2. The molecule has 2 aliphatic rings. The van der Waals surface area contributed by atoms with Crippen molar-refractivity contribution in [2.24, 2.45) is 0 Å². The molecule has 2 fully saturated rings. The van der Waals surface area contributed by atoms with Gasteiger partial charge in [-0.05, 0) is 187 Å². The van der Waals surface area contributed by atoms with Gasteiger partial charge < -0.3 is 57.2 Å². The highest BCUT2D eigenvalue weighted by atomic mass is 36.0. The zero-order valence-corrected chi connectivity index (χ0v) is 61.9. The number of halogens is 10. The predicted molar refractivity (Wildman–Crippen MR) is 405 cm³/mol. The number of hydrogen-bond donors (Lipinski definition) is 3. The number of ether oxygens (including phenoxy) is 2. The molecule has 0 unspecified atom stereocenters. The Balaban J connectivity index is 0.000000153. The van der Waals surface area contributed by atoms with Crippen molar-refractivity contribution in [3.05, 3.63) is 261 Å². The van der Waals surface area contributed by atoms with Gasteiger partial charge in [0.15, 0.2) is 11.0 Å². The monoisotopic (exact) mass is 1590 g/mol. The summed E-state index contributed by atoms with van der Waals surface area (Å²) in [6, 6.07) is 42.3. The number of carbonyl (C=O) groups is 2. The lowest BCUT2D eigenvalue weighted by atomic mass is 10.2. The Hall–Kier alpha value is -8.50. The van der Waals surface area contributed by atoms with Crippen molar-refractivity contribution in [3.63, 3.8) is 0 Å². The lowest BCUT2D eigenvalue weighted by Gasteiger charge is -2.33. The zero-order valence-electron chi connectivity index (χ0n) is 54.2. The summed E-state index contributed by atoms with van der Waals surface area (Å²) in [7, 11) is 6.91. The number of esters is 2. The third kappa shape index (κ3) is 21.8. The quantitative estimate of drug-likeness (QED) is 0.0604. The number of anilines is 1. The van der Waals surface area contributed by atoms with Gasteiger partial charge in [0.05, 0.1) is 68.2 Å². The van der Waals surface area contributed by atoms with Gasteiger partial charge in [-0.15, -0.1) is 0 Å². The third-order valence-electron chi connectivity index (χ3n) is 15.0. The van der Waals surface area contributed by atoms with E-state index >= 15 is 0 Å². The number of methoxy groups -OCH3 is 2. The van der Waals surface area contributed by atoms with E-state index in [1.165, 1.54) is 68.4 Å². The highest BCUT2D eigenvalue weighted by molar-refractivity contribution is 8.24. The predicted octanol–water partition coefficient (Wildman–Crippen LogP) is 17.5. The molecule has 0 saturated carbocycles. The van der Waals surface area contributed by atoms with Gasteiger partial charge in [0.25, 0.3) is 11.2 Å². The van der Waals surface area contributed by atoms with Gasteiger partial charge in [0, 0.05) is 121 Å². The normalized spacial score (nSPS) is 12.9. The van der Waals surface area contributed by atoms with Crippen LogP contribution < -0.4 is 15.8 Å². The van der Waals surface area contributed by atoms with Crippen LogP contribution in [-0.4, -0.2) is 150 Å². The number of nitrogens with zero attached hydrogens (tertiary/aromatic N) is 11. The van der Waals surface area contributed by atoms with E-state index in [9.17, 15) is 43.6 Å². The van der Waals surface area contributed by atoms with E-state index in [0.29, 0.717) is 31.4 Å². The molecule has 8 aromatic heterocycles. The minimum Gasteiger partial charge on any atom is -0.464 e. The molecular weight excluding hydrogens is 1530 g/mol. The number of benzene rings is 5. The smallest absolute Gasteiger partial charge is 0.355 e. The first kappa shape index (κ1) is 79.2. The van der Waals surface area contributed by atoms with Crippen molar-refractivity contribution in [2.45, 2.75) is 0 Å². The number of H-pyrrole nitrogens is 2.